The summed E-state index contributed by atoms with van der Waals surface area (Å²) in [6.07, 6.45) is 1.86. The number of rotatable bonds is 12. The Balaban J connectivity index is 1.99. The third kappa shape index (κ3) is 6.97. The first-order valence-electron chi connectivity index (χ1n) is 12.1. The average Bonchev–Trinajstić information content (AvgIpc) is 2.88. The van der Waals surface area contributed by atoms with E-state index >= 15 is 0 Å². The van der Waals surface area contributed by atoms with Crippen LogP contribution in [-0.4, -0.2) is 21.2 Å². The second-order valence-electron chi connectivity index (χ2n) is 9.25. The number of benzene rings is 3. The highest BCUT2D eigenvalue weighted by Crippen LogP contribution is 2.45. The highest BCUT2D eigenvalue weighted by atomic mass is 32.2. The zero-order chi connectivity index (χ0) is 25.3. The van der Waals surface area contributed by atoms with Crippen molar-refractivity contribution >= 4 is 25.9 Å². The van der Waals surface area contributed by atoms with Gasteiger partial charge in [0.05, 0.1) is 13.7 Å². The largest absolute Gasteiger partial charge is 0.497 e. The predicted molar refractivity (Wildman–Crippen MR) is 150 cm³/mol. The quantitative estimate of drug-likeness (QED) is 0.141. The van der Waals surface area contributed by atoms with E-state index in [1.807, 2.05) is 66.7 Å². The normalized spacial score (nSPS) is 12.3. The molecule has 0 fully saturated rings. The summed E-state index contributed by atoms with van der Waals surface area (Å²) in [6.45, 7) is 9.47. The monoisotopic (exact) mass is 504 g/mol. The predicted octanol–water partition coefficient (Wildman–Crippen LogP) is 8.22. The lowest BCUT2D eigenvalue weighted by Gasteiger charge is -2.40. The fraction of sp³-hybridized carbons (Fsp3) is 0.300. The van der Waals surface area contributed by atoms with Crippen LogP contribution in [0.2, 0.25) is 11.1 Å². The maximum atomic E-state index is 13.4. The molecule has 0 unspecified atom stereocenters. The molecule has 0 bridgehead atoms. The van der Waals surface area contributed by atoms with E-state index < -0.39 is 8.32 Å². The third-order valence-corrected chi connectivity index (χ3v) is 13.6. The molecular weight excluding hydrogens is 468 g/mol. The SMILES string of the molecule is COc1ccc(CO[Si](/C(=C\C(=O)c2ccccc2)SCc2ccccc2)(C(C)C)C(C)C)cc1. The van der Waals surface area contributed by atoms with Gasteiger partial charge in [0.25, 0.3) is 0 Å². The standard InChI is InChI=1S/C30H36O3SSi/c1-23(2)35(24(3)4,33-21-25-16-18-28(32-5)19-17-25)30(34-22-26-12-8-6-9-13-26)20-29(31)27-14-10-7-11-15-27/h6-20,23-24H,21-22H2,1-5H3/b30-20-. The maximum Gasteiger partial charge on any atom is 0.236 e. The summed E-state index contributed by atoms with van der Waals surface area (Å²) >= 11 is 1.76. The molecule has 5 heteroatoms. The molecular formula is C30H36O3SSi. The lowest BCUT2D eigenvalue weighted by Crippen LogP contribution is -2.46. The Morgan fingerprint density at radius 3 is 1.94 bits per heavy atom. The van der Waals surface area contributed by atoms with Crippen molar-refractivity contribution in [3.05, 3.63) is 112 Å². The number of carbonyl (C=O) groups is 1. The van der Waals surface area contributed by atoms with Crippen molar-refractivity contribution in [2.24, 2.45) is 0 Å². The van der Waals surface area contributed by atoms with Gasteiger partial charge in [-0.05, 0) is 40.4 Å². The fourth-order valence-electron chi connectivity index (χ4n) is 4.37. The van der Waals surface area contributed by atoms with Crippen molar-refractivity contribution in [1.82, 2.24) is 0 Å². The van der Waals surface area contributed by atoms with E-state index in [-0.39, 0.29) is 5.78 Å². The number of allylic oxidation sites excluding steroid dienone is 1. The molecule has 3 rings (SSSR count). The highest BCUT2D eigenvalue weighted by Gasteiger charge is 2.46. The maximum absolute atomic E-state index is 13.4. The van der Waals surface area contributed by atoms with Crippen molar-refractivity contribution in [2.75, 3.05) is 7.11 Å². The summed E-state index contributed by atoms with van der Waals surface area (Å²) in [6, 6.07) is 28.0. The van der Waals surface area contributed by atoms with Gasteiger partial charge in [-0.1, -0.05) is 100 Å². The Kier molecular flexibility index (Phi) is 9.96. The lowest BCUT2D eigenvalue weighted by atomic mass is 10.1. The van der Waals surface area contributed by atoms with E-state index in [4.69, 9.17) is 9.16 Å². The summed E-state index contributed by atoms with van der Waals surface area (Å²) < 4.78 is 13.4. The van der Waals surface area contributed by atoms with Gasteiger partial charge in [-0.25, -0.2) is 0 Å². The lowest BCUT2D eigenvalue weighted by molar-refractivity contribution is 0.104. The van der Waals surface area contributed by atoms with Crippen molar-refractivity contribution in [2.45, 2.75) is 51.1 Å². The molecule has 3 aromatic rings. The molecule has 0 aromatic heterocycles. The van der Waals surface area contributed by atoms with Crippen molar-refractivity contribution in [3.8, 4) is 5.75 Å². The smallest absolute Gasteiger partial charge is 0.236 e. The van der Waals surface area contributed by atoms with Crippen LogP contribution in [0.15, 0.2) is 95.5 Å². The van der Waals surface area contributed by atoms with Gasteiger partial charge in [-0.2, -0.15) is 0 Å². The molecule has 0 heterocycles. The Morgan fingerprint density at radius 1 is 0.829 bits per heavy atom. The third-order valence-electron chi connectivity index (χ3n) is 6.29. The Hall–Kier alpha value is -2.60. The summed E-state index contributed by atoms with van der Waals surface area (Å²) in [5.74, 6) is 1.67. The number of hydrogen-bond acceptors (Lipinski definition) is 4. The van der Waals surface area contributed by atoms with E-state index in [2.05, 4.69) is 52.0 Å². The van der Waals surface area contributed by atoms with Crippen LogP contribution in [0.1, 0.15) is 49.2 Å². The van der Waals surface area contributed by atoms with Crippen molar-refractivity contribution in [3.63, 3.8) is 0 Å². The van der Waals surface area contributed by atoms with E-state index in [0.717, 1.165) is 21.6 Å². The first kappa shape index (κ1) is 27.0. The Bertz CT molecular complexity index is 1090. The number of ketones is 1. The van der Waals surface area contributed by atoms with Crippen molar-refractivity contribution in [1.29, 1.82) is 0 Å². The molecule has 0 aliphatic rings. The second-order valence-corrected chi connectivity index (χ2v) is 15.4. The molecule has 0 amide bonds. The van der Waals surface area contributed by atoms with Gasteiger partial charge in [0.1, 0.15) is 5.75 Å². The minimum absolute atomic E-state index is 0.0346. The molecule has 184 valence electrons. The molecule has 0 aliphatic heterocycles. The van der Waals surface area contributed by atoms with E-state index in [1.165, 1.54) is 5.56 Å². The number of ether oxygens (including phenoxy) is 1. The molecule has 0 N–H and O–H groups in total. The minimum Gasteiger partial charge on any atom is -0.497 e. The summed E-state index contributed by atoms with van der Waals surface area (Å²) in [4.78, 5) is 13.4. The topological polar surface area (TPSA) is 35.5 Å². The van der Waals surface area contributed by atoms with Gasteiger partial charge >= 0.3 is 0 Å². The van der Waals surface area contributed by atoms with Gasteiger partial charge in [0.2, 0.25) is 8.32 Å². The van der Waals surface area contributed by atoms with Crippen LogP contribution in [0.25, 0.3) is 0 Å². The molecule has 0 saturated heterocycles. The summed E-state index contributed by atoms with van der Waals surface area (Å²) in [5.41, 5.74) is 3.63. The number of thioether (sulfide) groups is 1. The van der Waals surface area contributed by atoms with Crippen LogP contribution in [0.5, 0.6) is 5.75 Å². The van der Waals surface area contributed by atoms with Gasteiger partial charge in [0.15, 0.2) is 5.78 Å². The van der Waals surface area contributed by atoms with E-state index in [9.17, 15) is 4.79 Å². The Morgan fingerprint density at radius 2 is 1.40 bits per heavy atom. The second kappa shape index (κ2) is 12.9. The van der Waals surface area contributed by atoms with Crippen LogP contribution >= 0.6 is 11.8 Å². The van der Waals surface area contributed by atoms with Crippen LogP contribution < -0.4 is 4.74 Å². The van der Waals surface area contributed by atoms with Crippen LogP contribution in [0.4, 0.5) is 0 Å². The molecule has 0 atom stereocenters. The molecule has 3 aromatic carbocycles. The van der Waals surface area contributed by atoms with Crippen LogP contribution in [0, 0.1) is 0 Å². The van der Waals surface area contributed by atoms with Gasteiger partial charge in [-0.15, -0.1) is 11.8 Å². The zero-order valence-corrected chi connectivity index (χ0v) is 23.2. The highest BCUT2D eigenvalue weighted by molar-refractivity contribution is 8.04. The van der Waals surface area contributed by atoms with Crippen molar-refractivity contribution < 1.29 is 14.0 Å². The fourth-order valence-corrected chi connectivity index (χ4v) is 11.8. The number of carbonyl (C=O) groups excluding carboxylic acids is 1. The van der Waals surface area contributed by atoms with Crippen LogP contribution in [-0.2, 0) is 16.8 Å². The summed E-state index contributed by atoms with van der Waals surface area (Å²) in [7, 11) is -0.890. The minimum atomic E-state index is -2.56. The van der Waals surface area contributed by atoms with E-state index in [0.29, 0.717) is 23.3 Å². The van der Waals surface area contributed by atoms with E-state index in [1.54, 1.807) is 18.9 Å². The molecule has 0 saturated carbocycles. The van der Waals surface area contributed by atoms with Gasteiger partial charge in [0, 0.05) is 15.8 Å². The zero-order valence-electron chi connectivity index (χ0n) is 21.4. The van der Waals surface area contributed by atoms with Gasteiger partial charge < -0.3 is 9.16 Å². The van der Waals surface area contributed by atoms with Crippen LogP contribution in [0.3, 0.4) is 0 Å². The number of hydrogen-bond donors (Lipinski definition) is 0. The molecule has 0 aliphatic carbocycles. The molecule has 0 radical (unpaired) electrons. The first-order chi connectivity index (χ1) is 16.9. The summed E-state index contributed by atoms with van der Waals surface area (Å²) in [5, 5.41) is 0. The molecule has 3 nitrogen and oxygen atoms in total. The Labute approximate surface area is 215 Å². The average molecular weight is 505 g/mol. The molecule has 0 spiro atoms. The van der Waals surface area contributed by atoms with Gasteiger partial charge in [-0.3, -0.25) is 4.79 Å². The first-order valence-corrected chi connectivity index (χ1v) is 15.2. The number of methoxy groups -OCH3 is 1. The molecule has 35 heavy (non-hydrogen) atoms.